The number of amides is 2. The molecular formula is C25H26N2O2S. The molecule has 0 radical (unpaired) electrons. The van der Waals surface area contributed by atoms with Crippen LogP contribution in [-0.2, 0) is 28.1 Å². The first-order valence-corrected chi connectivity index (χ1v) is 11.2. The van der Waals surface area contributed by atoms with Crippen molar-refractivity contribution < 1.29 is 9.59 Å². The van der Waals surface area contributed by atoms with Crippen molar-refractivity contribution >= 4 is 23.2 Å². The minimum atomic E-state index is -0.653. The van der Waals surface area contributed by atoms with Crippen molar-refractivity contribution in [2.45, 2.75) is 38.3 Å². The van der Waals surface area contributed by atoms with Crippen LogP contribution in [-0.4, -0.2) is 23.3 Å². The lowest BCUT2D eigenvalue weighted by Crippen LogP contribution is -2.45. The van der Waals surface area contributed by atoms with E-state index in [9.17, 15) is 9.59 Å². The van der Waals surface area contributed by atoms with Crippen LogP contribution in [0, 0.1) is 0 Å². The maximum absolute atomic E-state index is 12.9. The highest BCUT2D eigenvalue weighted by atomic mass is 32.1. The number of rotatable bonds is 6. The molecule has 30 heavy (non-hydrogen) atoms. The standard InChI is InChI=1S/C25H26N2O2S/c1-25(20-8-4-2-5-9-20,21-10-6-3-7-11-21)26-23(28)12-13-24(29)27-16-14-22-19(18-27)15-17-30-22/h2-11,15,17H,12-14,16,18H2,1H3,(H,26,28). The molecule has 2 heterocycles. The molecule has 0 fully saturated rings. The summed E-state index contributed by atoms with van der Waals surface area (Å²) in [4.78, 5) is 28.8. The number of benzene rings is 2. The molecule has 0 saturated heterocycles. The number of hydrogen-bond acceptors (Lipinski definition) is 3. The van der Waals surface area contributed by atoms with Crippen LogP contribution in [0.4, 0.5) is 0 Å². The third kappa shape index (κ3) is 4.31. The maximum atomic E-state index is 12.9. The highest BCUT2D eigenvalue weighted by Gasteiger charge is 2.31. The first kappa shape index (κ1) is 20.4. The van der Waals surface area contributed by atoms with Crippen molar-refractivity contribution in [2.75, 3.05) is 6.54 Å². The molecule has 5 heteroatoms. The van der Waals surface area contributed by atoms with E-state index >= 15 is 0 Å². The third-order valence-corrected chi connectivity index (χ3v) is 6.84. The molecule has 1 aliphatic heterocycles. The van der Waals surface area contributed by atoms with Crippen molar-refractivity contribution in [1.82, 2.24) is 10.2 Å². The van der Waals surface area contributed by atoms with Gasteiger partial charge in [-0.15, -0.1) is 11.3 Å². The van der Waals surface area contributed by atoms with Crippen LogP contribution in [0.1, 0.15) is 41.3 Å². The number of hydrogen-bond donors (Lipinski definition) is 1. The maximum Gasteiger partial charge on any atom is 0.223 e. The highest BCUT2D eigenvalue weighted by Crippen LogP contribution is 2.29. The number of carbonyl (C=O) groups is 2. The summed E-state index contributed by atoms with van der Waals surface area (Å²) in [6.45, 7) is 3.41. The third-order valence-electron chi connectivity index (χ3n) is 5.82. The summed E-state index contributed by atoms with van der Waals surface area (Å²) >= 11 is 1.76. The van der Waals surface area contributed by atoms with Crippen molar-refractivity contribution in [2.24, 2.45) is 0 Å². The Kier molecular flexibility index (Phi) is 6.00. The Hall–Kier alpha value is -2.92. The number of carbonyl (C=O) groups excluding carboxylic acids is 2. The molecule has 1 N–H and O–H groups in total. The Morgan fingerprint density at radius 1 is 0.967 bits per heavy atom. The molecule has 3 aromatic rings. The van der Waals surface area contributed by atoms with E-state index in [-0.39, 0.29) is 24.7 Å². The Labute approximate surface area is 181 Å². The molecule has 0 bridgehead atoms. The lowest BCUT2D eigenvalue weighted by molar-refractivity contribution is -0.134. The van der Waals surface area contributed by atoms with E-state index in [2.05, 4.69) is 16.8 Å². The fourth-order valence-electron chi connectivity index (χ4n) is 4.04. The predicted molar refractivity (Wildman–Crippen MR) is 120 cm³/mol. The molecule has 2 amide bonds. The number of nitrogens with zero attached hydrogens (tertiary/aromatic N) is 1. The van der Waals surface area contributed by atoms with Crippen molar-refractivity contribution in [3.63, 3.8) is 0 Å². The Morgan fingerprint density at radius 3 is 2.23 bits per heavy atom. The van der Waals surface area contributed by atoms with E-state index in [1.807, 2.05) is 72.5 Å². The van der Waals surface area contributed by atoms with Gasteiger partial charge in [0.05, 0.1) is 5.54 Å². The van der Waals surface area contributed by atoms with Crippen molar-refractivity contribution in [3.05, 3.63) is 93.7 Å². The van der Waals surface area contributed by atoms with Gasteiger partial charge in [-0.2, -0.15) is 0 Å². The molecule has 4 nitrogen and oxygen atoms in total. The van der Waals surface area contributed by atoms with Crippen LogP contribution in [0.3, 0.4) is 0 Å². The number of thiophene rings is 1. The Morgan fingerprint density at radius 2 is 1.60 bits per heavy atom. The van der Waals surface area contributed by atoms with E-state index in [1.165, 1.54) is 10.4 Å². The first-order chi connectivity index (χ1) is 14.6. The zero-order valence-electron chi connectivity index (χ0n) is 17.1. The fourth-order valence-corrected chi connectivity index (χ4v) is 4.92. The quantitative estimate of drug-likeness (QED) is 0.641. The average molecular weight is 419 g/mol. The van der Waals surface area contributed by atoms with Gasteiger partial charge in [0.1, 0.15) is 0 Å². The van der Waals surface area contributed by atoms with Crippen LogP contribution in [0.15, 0.2) is 72.1 Å². The summed E-state index contributed by atoms with van der Waals surface area (Å²) in [5.41, 5.74) is 2.61. The fraction of sp³-hybridized carbons (Fsp3) is 0.280. The van der Waals surface area contributed by atoms with E-state index in [0.29, 0.717) is 6.54 Å². The topological polar surface area (TPSA) is 49.4 Å². The summed E-state index contributed by atoms with van der Waals surface area (Å²) in [6, 6.07) is 22.0. The van der Waals surface area contributed by atoms with Crippen LogP contribution >= 0.6 is 11.3 Å². The van der Waals surface area contributed by atoms with Crippen LogP contribution in [0.25, 0.3) is 0 Å². The van der Waals surface area contributed by atoms with E-state index in [4.69, 9.17) is 0 Å². The van der Waals surface area contributed by atoms with Gasteiger partial charge in [0.2, 0.25) is 11.8 Å². The van der Waals surface area contributed by atoms with Gasteiger partial charge >= 0.3 is 0 Å². The summed E-state index contributed by atoms with van der Waals surface area (Å²) in [5, 5.41) is 5.27. The molecule has 0 aliphatic carbocycles. The lowest BCUT2D eigenvalue weighted by Gasteiger charge is -2.32. The van der Waals surface area contributed by atoms with E-state index in [0.717, 1.165) is 24.1 Å². The van der Waals surface area contributed by atoms with Gasteiger partial charge in [-0.3, -0.25) is 9.59 Å². The average Bonchev–Trinajstić information content (AvgIpc) is 3.26. The summed E-state index contributed by atoms with van der Waals surface area (Å²) < 4.78 is 0. The predicted octanol–water partition coefficient (Wildman–Crippen LogP) is 4.49. The molecule has 154 valence electrons. The SMILES string of the molecule is CC(NC(=O)CCC(=O)N1CCc2sccc2C1)(c1ccccc1)c1ccccc1. The zero-order valence-corrected chi connectivity index (χ0v) is 18.0. The van der Waals surface area contributed by atoms with Gasteiger partial charge in [-0.05, 0) is 41.5 Å². The van der Waals surface area contributed by atoms with Gasteiger partial charge in [-0.25, -0.2) is 0 Å². The number of fused-ring (bicyclic) bond motifs is 1. The highest BCUT2D eigenvalue weighted by molar-refractivity contribution is 7.10. The van der Waals surface area contributed by atoms with Gasteiger partial charge in [-0.1, -0.05) is 60.7 Å². The van der Waals surface area contributed by atoms with Crippen LogP contribution in [0.5, 0.6) is 0 Å². The lowest BCUT2D eigenvalue weighted by atomic mass is 9.84. The first-order valence-electron chi connectivity index (χ1n) is 10.3. The van der Waals surface area contributed by atoms with E-state index in [1.54, 1.807) is 11.3 Å². The van der Waals surface area contributed by atoms with Crippen LogP contribution < -0.4 is 5.32 Å². The monoisotopic (exact) mass is 418 g/mol. The smallest absolute Gasteiger partial charge is 0.223 e. The summed E-state index contributed by atoms with van der Waals surface area (Å²) in [7, 11) is 0. The second-order valence-corrected chi connectivity index (χ2v) is 8.84. The Balaban J connectivity index is 1.42. The molecule has 4 rings (SSSR count). The van der Waals surface area contributed by atoms with Gasteiger partial charge in [0.25, 0.3) is 0 Å². The second kappa shape index (κ2) is 8.84. The Bertz CT molecular complexity index is 974. The molecule has 0 spiro atoms. The molecule has 1 aromatic heterocycles. The zero-order chi connectivity index (χ0) is 21.0. The molecule has 1 aliphatic rings. The summed E-state index contributed by atoms with van der Waals surface area (Å²) in [5.74, 6) is -0.0742. The van der Waals surface area contributed by atoms with E-state index < -0.39 is 5.54 Å². The van der Waals surface area contributed by atoms with Crippen LogP contribution in [0.2, 0.25) is 0 Å². The molecule has 0 atom stereocenters. The van der Waals surface area contributed by atoms with Gasteiger partial charge in [0, 0.05) is 30.8 Å². The van der Waals surface area contributed by atoms with Gasteiger partial charge in [0.15, 0.2) is 0 Å². The summed E-state index contributed by atoms with van der Waals surface area (Å²) in [6.07, 6.45) is 1.32. The largest absolute Gasteiger partial charge is 0.343 e. The normalized spacial score (nSPS) is 13.6. The van der Waals surface area contributed by atoms with Gasteiger partial charge < -0.3 is 10.2 Å². The molecule has 2 aromatic carbocycles. The van der Waals surface area contributed by atoms with Crippen molar-refractivity contribution in [3.8, 4) is 0 Å². The minimum absolute atomic E-state index is 0.0446. The molecular weight excluding hydrogens is 392 g/mol. The minimum Gasteiger partial charge on any atom is -0.343 e. The number of nitrogens with one attached hydrogen (secondary N) is 1. The molecule has 0 unspecified atom stereocenters. The second-order valence-electron chi connectivity index (χ2n) is 7.84. The van der Waals surface area contributed by atoms with Crippen molar-refractivity contribution in [1.29, 1.82) is 0 Å². The molecule has 0 saturated carbocycles.